The molecule has 27 heavy (non-hydrogen) atoms. The minimum atomic E-state index is -3.44. The molecular formula is C19H25N3O4S. The highest BCUT2D eigenvalue weighted by Gasteiger charge is 2.24. The van der Waals surface area contributed by atoms with Gasteiger partial charge >= 0.3 is 0 Å². The van der Waals surface area contributed by atoms with Crippen molar-refractivity contribution in [3.63, 3.8) is 0 Å². The van der Waals surface area contributed by atoms with Crippen LogP contribution >= 0.6 is 0 Å². The molecule has 0 saturated carbocycles. The Bertz CT molecular complexity index is 867. The molecule has 1 aliphatic rings. The fraction of sp³-hybridized carbons (Fsp3) is 0.474. The van der Waals surface area contributed by atoms with E-state index in [1.54, 1.807) is 41.6 Å². The molecule has 1 aromatic carbocycles. The summed E-state index contributed by atoms with van der Waals surface area (Å²) in [6.45, 7) is 2.93. The Hall–Kier alpha value is -2.19. The van der Waals surface area contributed by atoms with Crippen LogP contribution in [0.2, 0.25) is 0 Å². The van der Waals surface area contributed by atoms with Crippen molar-refractivity contribution in [2.24, 2.45) is 0 Å². The topological polar surface area (TPSA) is 92.5 Å². The molecule has 1 saturated heterocycles. The van der Waals surface area contributed by atoms with Gasteiger partial charge < -0.3 is 9.84 Å². The molecule has 2 aromatic rings. The molecule has 146 valence electrons. The normalized spacial score (nSPS) is 16.0. The molecular weight excluding hydrogens is 366 g/mol. The summed E-state index contributed by atoms with van der Waals surface area (Å²) in [5.74, 6) is 0.868. The molecule has 8 heteroatoms. The Morgan fingerprint density at radius 1 is 1.15 bits per heavy atom. The summed E-state index contributed by atoms with van der Waals surface area (Å²) in [5.41, 5.74) is 0.913. The number of rotatable bonds is 6. The first-order valence-corrected chi connectivity index (χ1v) is 10.7. The molecule has 7 nitrogen and oxygen atoms in total. The van der Waals surface area contributed by atoms with Gasteiger partial charge in [-0.05, 0) is 43.9 Å². The molecule has 1 N–H and O–H groups in total. The molecule has 0 atom stereocenters. The molecule has 1 aliphatic heterocycles. The van der Waals surface area contributed by atoms with Crippen LogP contribution in [0.15, 0.2) is 39.8 Å². The summed E-state index contributed by atoms with van der Waals surface area (Å²) in [6, 6.07) is 8.47. The first-order valence-electron chi connectivity index (χ1n) is 9.27. The molecule has 0 aliphatic carbocycles. The van der Waals surface area contributed by atoms with Crippen molar-refractivity contribution in [3.8, 4) is 0 Å². The van der Waals surface area contributed by atoms with Crippen LogP contribution in [0.25, 0.3) is 0 Å². The van der Waals surface area contributed by atoms with Gasteiger partial charge in [0.05, 0.1) is 4.90 Å². The molecule has 3 rings (SSSR count). The molecule has 0 spiro atoms. The van der Waals surface area contributed by atoms with Gasteiger partial charge in [-0.3, -0.25) is 4.79 Å². The minimum absolute atomic E-state index is 0.162. The van der Waals surface area contributed by atoms with Crippen molar-refractivity contribution < 1.29 is 17.7 Å². The summed E-state index contributed by atoms with van der Waals surface area (Å²) < 4.78 is 32.0. The number of hydrogen-bond acceptors (Lipinski definition) is 5. The minimum Gasteiger partial charge on any atom is -0.360 e. The maximum absolute atomic E-state index is 12.8. The number of sulfonamides is 1. The van der Waals surface area contributed by atoms with Crippen LogP contribution in [0.5, 0.6) is 0 Å². The number of nitrogens with one attached hydrogen (secondary N) is 1. The molecule has 1 fully saturated rings. The predicted molar refractivity (Wildman–Crippen MR) is 102 cm³/mol. The van der Waals surface area contributed by atoms with Crippen LogP contribution in [0.1, 0.15) is 43.4 Å². The van der Waals surface area contributed by atoms with Crippen LogP contribution in [-0.4, -0.2) is 36.9 Å². The average molecular weight is 391 g/mol. The lowest BCUT2D eigenvalue weighted by molar-refractivity contribution is -0.116. The lowest BCUT2D eigenvalue weighted by atomic mass is 10.1. The van der Waals surface area contributed by atoms with Crippen LogP contribution < -0.4 is 5.32 Å². The van der Waals surface area contributed by atoms with E-state index < -0.39 is 10.0 Å². The molecule has 0 unspecified atom stereocenters. The van der Waals surface area contributed by atoms with Crippen molar-refractivity contribution in [3.05, 3.63) is 41.7 Å². The third-order valence-electron chi connectivity index (χ3n) is 4.66. The first-order chi connectivity index (χ1) is 12.9. The Balaban J connectivity index is 1.57. The first kappa shape index (κ1) is 19.6. The van der Waals surface area contributed by atoms with E-state index in [1.165, 1.54) is 0 Å². The number of carbonyl (C=O) groups excluding carboxylic acids is 1. The number of aryl methyl sites for hydroxylation is 2. The van der Waals surface area contributed by atoms with Gasteiger partial charge in [0.25, 0.3) is 0 Å². The molecule has 0 radical (unpaired) electrons. The van der Waals surface area contributed by atoms with Gasteiger partial charge in [0.1, 0.15) is 5.76 Å². The van der Waals surface area contributed by atoms with E-state index >= 15 is 0 Å². The Morgan fingerprint density at radius 3 is 2.41 bits per heavy atom. The van der Waals surface area contributed by atoms with E-state index in [0.29, 0.717) is 36.0 Å². The van der Waals surface area contributed by atoms with Gasteiger partial charge in [0.15, 0.2) is 5.82 Å². The summed E-state index contributed by atoms with van der Waals surface area (Å²) >= 11 is 0. The summed E-state index contributed by atoms with van der Waals surface area (Å²) in [4.78, 5) is 12.3. The van der Waals surface area contributed by atoms with Crippen molar-refractivity contribution in [1.29, 1.82) is 0 Å². The largest absolute Gasteiger partial charge is 0.360 e. The second-order valence-corrected chi connectivity index (χ2v) is 8.77. The van der Waals surface area contributed by atoms with Gasteiger partial charge in [0, 0.05) is 25.6 Å². The van der Waals surface area contributed by atoms with E-state index in [-0.39, 0.29) is 12.3 Å². The van der Waals surface area contributed by atoms with E-state index in [9.17, 15) is 13.2 Å². The van der Waals surface area contributed by atoms with Gasteiger partial charge in [-0.1, -0.05) is 30.1 Å². The number of carbonyl (C=O) groups is 1. The summed E-state index contributed by atoms with van der Waals surface area (Å²) in [5, 5.41) is 6.39. The molecule has 1 amide bonds. The second kappa shape index (κ2) is 8.67. The van der Waals surface area contributed by atoms with Crippen LogP contribution in [0.4, 0.5) is 5.82 Å². The quantitative estimate of drug-likeness (QED) is 0.817. The third-order valence-corrected chi connectivity index (χ3v) is 6.58. The van der Waals surface area contributed by atoms with E-state index in [0.717, 1.165) is 31.2 Å². The van der Waals surface area contributed by atoms with Crippen molar-refractivity contribution in [2.75, 3.05) is 18.4 Å². The lowest BCUT2D eigenvalue weighted by Crippen LogP contribution is -2.31. The fourth-order valence-electron chi connectivity index (χ4n) is 3.15. The van der Waals surface area contributed by atoms with Gasteiger partial charge in [-0.15, -0.1) is 0 Å². The van der Waals surface area contributed by atoms with Crippen LogP contribution in [0, 0.1) is 6.92 Å². The third kappa shape index (κ3) is 5.17. The lowest BCUT2D eigenvalue weighted by Gasteiger charge is -2.20. The zero-order valence-corrected chi connectivity index (χ0v) is 16.3. The number of aromatic nitrogens is 1. The van der Waals surface area contributed by atoms with Gasteiger partial charge in [-0.25, -0.2) is 8.42 Å². The summed E-state index contributed by atoms with van der Waals surface area (Å²) in [6.07, 6.45) is 4.80. The smallest absolute Gasteiger partial charge is 0.243 e. The monoisotopic (exact) mass is 391 g/mol. The highest BCUT2D eigenvalue weighted by molar-refractivity contribution is 7.89. The number of anilines is 1. The maximum Gasteiger partial charge on any atom is 0.243 e. The standard InChI is InChI=1S/C19H25N3O4S/c1-15-14-18(21-26-15)20-19(23)11-8-16-6-9-17(10-7-16)27(24,25)22-12-4-2-3-5-13-22/h6-7,9-10,14H,2-5,8,11-13H2,1H3,(H,20,21,23). The van der Waals surface area contributed by atoms with Crippen LogP contribution in [0.3, 0.4) is 0 Å². The van der Waals surface area contributed by atoms with E-state index in [2.05, 4.69) is 10.5 Å². The van der Waals surface area contributed by atoms with Crippen LogP contribution in [-0.2, 0) is 21.2 Å². The highest BCUT2D eigenvalue weighted by Crippen LogP contribution is 2.21. The maximum atomic E-state index is 12.8. The highest BCUT2D eigenvalue weighted by atomic mass is 32.2. The molecule has 0 bridgehead atoms. The zero-order chi connectivity index (χ0) is 19.3. The Morgan fingerprint density at radius 2 is 1.81 bits per heavy atom. The number of amides is 1. The number of hydrogen-bond donors (Lipinski definition) is 1. The second-order valence-electron chi connectivity index (χ2n) is 6.83. The van der Waals surface area contributed by atoms with E-state index in [1.807, 2.05) is 0 Å². The van der Waals surface area contributed by atoms with Crippen molar-refractivity contribution >= 4 is 21.7 Å². The predicted octanol–water partition coefficient (Wildman–Crippen LogP) is 3.12. The number of nitrogens with zero attached hydrogens (tertiary/aromatic N) is 2. The SMILES string of the molecule is Cc1cc(NC(=O)CCc2ccc(S(=O)(=O)N3CCCCCC3)cc2)no1. The van der Waals surface area contributed by atoms with E-state index in [4.69, 9.17) is 4.52 Å². The molecule has 1 aromatic heterocycles. The Labute approximate surface area is 159 Å². The van der Waals surface area contributed by atoms with Crippen molar-refractivity contribution in [2.45, 2.75) is 50.3 Å². The summed E-state index contributed by atoms with van der Waals surface area (Å²) in [7, 11) is -3.44. The average Bonchev–Trinajstić information content (AvgIpc) is 2.88. The number of benzene rings is 1. The van der Waals surface area contributed by atoms with Gasteiger partial charge in [-0.2, -0.15) is 4.31 Å². The van der Waals surface area contributed by atoms with Gasteiger partial charge in [0.2, 0.25) is 15.9 Å². The molecule has 2 heterocycles. The Kier molecular flexibility index (Phi) is 6.28. The fourth-order valence-corrected chi connectivity index (χ4v) is 4.66. The van der Waals surface area contributed by atoms with Crippen molar-refractivity contribution in [1.82, 2.24) is 9.46 Å². The zero-order valence-electron chi connectivity index (χ0n) is 15.5.